The Morgan fingerprint density at radius 1 is 1.03 bits per heavy atom. The molecule has 2 aromatic carbocycles. The van der Waals surface area contributed by atoms with E-state index < -0.39 is 0 Å². The van der Waals surface area contributed by atoms with Gasteiger partial charge in [-0.1, -0.05) is 48.5 Å². The van der Waals surface area contributed by atoms with Crippen LogP contribution in [0.15, 0.2) is 72.9 Å². The maximum Gasteiger partial charge on any atom is 0.271 e. The lowest BCUT2D eigenvalue weighted by atomic mass is 10.1. The van der Waals surface area contributed by atoms with E-state index in [9.17, 15) is 14.0 Å². The molecule has 162 valence electrons. The molecule has 0 radical (unpaired) electrons. The third-order valence-electron chi connectivity index (χ3n) is 5.23. The molecule has 0 spiro atoms. The summed E-state index contributed by atoms with van der Waals surface area (Å²) >= 11 is 0. The van der Waals surface area contributed by atoms with Crippen molar-refractivity contribution in [1.29, 1.82) is 0 Å². The van der Waals surface area contributed by atoms with E-state index in [0.29, 0.717) is 23.4 Å². The number of amides is 2. The molecule has 0 unspecified atom stereocenters. The molecule has 0 aliphatic rings. The van der Waals surface area contributed by atoms with Gasteiger partial charge in [0, 0.05) is 26.3 Å². The smallest absolute Gasteiger partial charge is 0.271 e. The Kier molecular flexibility index (Phi) is 5.98. The SMILES string of the molecule is Cc1cc(CNC(=O)c2cn3c(C(=O)N(C)Cc4ccccc4)cccc3n2)ccc1F. The van der Waals surface area contributed by atoms with E-state index in [4.69, 9.17) is 0 Å². The quantitative estimate of drug-likeness (QED) is 0.503. The minimum atomic E-state index is -0.369. The zero-order valence-corrected chi connectivity index (χ0v) is 17.9. The fourth-order valence-electron chi connectivity index (χ4n) is 3.51. The molecule has 7 heteroatoms. The minimum Gasteiger partial charge on any atom is -0.347 e. The standard InChI is InChI=1S/C25H23FN4O2/c1-17-13-19(11-12-20(17)26)14-27-24(31)21-16-30-22(9-6-10-23(30)28-21)25(32)29(2)15-18-7-4-3-5-8-18/h3-13,16H,14-15H2,1-2H3,(H,27,31). The summed E-state index contributed by atoms with van der Waals surface area (Å²) in [6.45, 7) is 2.39. The number of hydrogen-bond donors (Lipinski definition) is 1. The van der Waals surface area contributed by atoms with Crippen molar-refractivity contribution in [2.24, 2.45) is 0 Å². The summed E-state index contributed by atoms with van der Waals surface area (Å²) in [6, 6.07) is 19.6. The van der Waals surface area contributed by atoms with Gasteiger partial charge in [0.15, 0.2) is 0 Å². The molecule has 2 aromatic heterocycles. The number of carbonyl (C=O) groups excluding carboxylic acids is 2. The van der Waals surface area contributed by atoms with Gasteiger partial charge in [0.2, 0.25) is 0 Å². The van der Waals surface area contributed by atoms with E-state index in [0.717, 1.165) is 11.1 Å². The van der Waals surface area contributed by atoms with Crippen LogP contribution in [0.2, 0.25) is 0 Å². The summed E-state index contributed by atoms with van der Waals surface area (Å²) in [4.78, 5) is 31.7. The molecular formula is C25H23FN4O2. The van der Waals surface area contributed by atoms with Crippen molar-refractivity contribution in [2.45, 2.75) is 20.0 Å². The Bertz CT molecular complexity index is 1280. The highest BCUT2D eigenvalue weighted by Crippen LogP contribution is 2.14. The molecule has 6 nitrogen and oxygen atoms in total. The average Bonchev–Trinajstić information content (AvgIpc) is 3.24. The van der Waals surface area contributed by atoms with Crippen molar-refractivity contribution in [3.8, 4) is 0 Å². The van der Waals surface area contributed by atoms with Crippen LogP contribution in [-0.2, 0) is 13.1 Å². The number of benzene rings is 2. The predicted molar refractivity (Wildman–Crippen MR) is 120 cm³/mol. The van der Waals surface area contributed by atoms with Crippen molar-refractivity contribution in [1.82, 2.24) is 19.6 Å². The zero-order chi connectivity index (χ0) is 22.7. The molecule has 1 N–H and O–H groups in total. The molecule has 2 amide bonds. The highest BCUT2D eigenvalue weighted by Gasteiger charge is 2.18. The van der Waals surface area contributed by atoms with Crippen molar-refractivity contribution in [3.63, 3.8) is 0 Å². The van der Waals surface area contributed by atoms with Gasteiger partial charge < -0.3 is 10.2 Å². The second-order valence-corrected chi connectivity index (χ2v) is 7.68. The highest BCUT2D eigenvalue weighted by atomic mass is 19.1. The number of rotatable bonds is 6. The first kappa shape index (κ1) is 21.2. The van der Waals surface area contributed by atoms with Crippen LogP contribution in [-0.4, -0.2) is 33.1 Å². The van der Waals surface area contributed by atoms with Gasteiger partial charge >= 0.3 is 0 Å². The number of aryl methyl sites for hydroxylation is 1. The van der Waals surface area contributed by atoms with Gasteiger partial charge in [-0.3, -0.25) is 14.0 Å². The van der Waals surface area contributed by atoms with Gasteiger partial charge in [0.1, 0.15) is 22.9 Å². The first-order chi connectivity index (χ1) is 15.4. The molecule has 4 aromatic rings. The van der Waals surface area contributed by atoms with Crippen LogP contribution in [0.3, 0.4) is 0 Å². The topological polar surface area (TPSA) is 66.7 Å². The number of hydrogen-bond acceptors (Lipinski definition) is 3. The third kappa shape index (κ3) is 4.51. The van der Waals surface area contributed by atoms with Gasteiger partial charge in [0.25, 0.3) is 11.8 Å². The Hall–Kier alpha value is -4.00. The number of halogens is 1. The molecule has 4 rings (SSSR count). The van der Waals surface area contributed by atoms with Gasteiger partial charge in [-0.05, 0) is 41.8 Å². The molecule has 32 heavy (non-hydrogen) atoms. The lowest BCUT2D eigenvalue weighted by Gasteiger charge is -2.18. The van der Waals surface area contributed by atoms with Gasteiger partial charge in [-0.2, -0.15) is 0 Å². The van der Waals surface area contributed by atoms with E-state index in [1.54, 1.807) is 59.8 Å². The molecule has 0 fully saturated rings. The lowest BCUT2D eigenvalue weighted by molar-refractivity contribution is 0.0777. The number of nitrogens with zero attached hydrogens (tertiary/aromatic N) is 3. The zero-order valence-electron chi connectivity index (χ0n) is 17.9. The first-order valence-electron chi connectivity index (χ1n) is 10.2. The van der Waals surface area contributed by atoms with Crippen LogP contribution in [0.25, 0.3) is 5.65 Å². The Morgan fingerprint density at radius 3 is 2.56 bits per heavy atom. The summed E-state index contributed by atoms with van der Waals surface area (Å²) in [7, 11) is 1.74. The Labute approximate surface area is 185 Å². The summed E-state index contributed by atoms with van der Waals surface area (Å²) in [6.07, 6.45) is 1.56. The molecule has 0 saturated heterocycles. The normalized spacial score (nSPS) is 10.8. The van der Waals surface area contributed by atoms with Crippen molar-refractivity contribution >= 4 is 17.5 Å². The van der Waals surface area contributed by atoms with Crippen LogP contribution in [0, 0.1) is 12.7 Å². The number of nitrogens with one attached hydrogen (secondary N) is 1. The number of aromatic nitrogens is 2. The number of imidazole rings is 1. The van der Waals surface area contributed by atoms with Gasteiger partial charge in [-0.25, -0.2) is 9.37 Å². The maximum absolute atomic E-state index is 13.4. The molecule has 0 saturated carbocycles. The number of carbonyl (C=O) groups is 2. The van der Waals surface area contributed by atoms with E-state index in [1.165, 1.54) is 6.07 Å². The lowest BCUT2D eigenvalue weighted by Crippen LogP contribution is -2.27. The molecule has 0 bridgehead atoms. The molecule has 2 heterocycles. The summed E-state index contributed by atoms with van der Waals surface area (Å²) in [5.41, 5.74) is 3.46. The van der Waals surface area contributed by atoms with Crippen molar-refractivity contribution in [3.05, 3.63) is 107 Å². The van der Waals surface area contributed by atoms with E-state index in [2.05, 4.69) is 10.3 Å². The van der Waals surface area contributed by atoms with Crippen molar-refractivity contribution in [2.75, 3.05) is 7.05 Å². The molecule has 0 atom stereocenters. The number of pyridine rings is 1. The second kappa shape index (κ2) is 9.01. The first-order valence-corrected chi connectivity index (χ1v) is 10.2. The largest absolute Gasteiger partial charge is 0.347 e. The van der Waals surface area contributed by atoms with E-state index in [1.807, 2.05) is 30.3 Å². The van der Waals surface area contributed by atoms with E-state index in [-0.39, 0.29) is 29.9 Å². The van der Waals surface area contributed by atoms with Crippen LogP contribution in [0.1, 0.15) is 37.7 Å². The Morgan fingerprint density at radius 2 is 1.81 bits per heavy atom. The monoisotopic (exact) mass is 430 g/mol. The van der Waals surface area contributed by atoms with Crippen LogP contribution >= 0.6 is 0 Å². The summed E-state index contributed by atoms with van der Waals surface area (Å²) < 4.78 is 15.1. The van der Waals surface area contributed by atoms with Crippen LogP contribution in [0.4, 0.5) is 4.39 Å². The molecule has 0 aliphatic carbocycles. The second-order valence-electron chi connectivity index (χ2n) is 7.68. The molecular weight excluding hydrogens is 407 g/mol. The Balaban J connectivity index is 1.51. The van der Waals surface area contributed by atoms with Crippen LogP contribution in [0.5, 0.6) is 0 Å². The average molecular weight is 430 g/mol. The third-order valence-corrected chi connectivity index (χ3v) is 5.23. The van der Waals surface area contributed by atoms with Gasteiger partial charge in [0.05, 0.1) is 0 Å². The number of fused-ring (bicyclic) bond motifs is 1. The molecule has 0 aliphatic heterocycles. The van der Waals surface area contributed by atoms with Gasteiger partial charge in [-0.15, -0.1) is 0 Å². The predicted octanol–water partition coefficient (Wildman–Crippen LogP) is 3.98. The fraction of sp³-hybridized carbons (Fsp3) is 0.160. The van der Waals surface area contributed by atoms with Crippen molar-refractivity contribution < 1.29 is 14.0 Å². The van der Waals surface area contributed by atoms with E-state index >= 15 is 0 Å². The fourth-order valence-corrected chi connectivity index (χ4v) is 3.51. The minimum absolute atomic E-state index is 0.175. The van der Waals surface area contributed by atoms with Crippen LogP contribution < -0.4 is 5.32 Å². The highest BCUT2D eigenvalue weighted by molar-refractivity contribution is 5.95. The maximum atomic E-state index is 13.4. The summed E-state index contributed by atoms with van der Waals surface area (Å²) in [5.74, 6) is -0.827. The summed E-state index contributed by atoms with van der Waals surface area (Å²) in [5, 5.41) is 2.79.